The number of carboxylic acid groups (broad SMARTS) is 1. The van der Waals surface area contributed by atoms with Crippen molar-refractivity contribution in [1.82, 2.24) is 4.98 Å². The molecule has 2 heterocycles. The number of aromatic nitrogens is 1. The average Bonchev–Trinajstić information content (AvgIpc) is 2.61. The molecule has 2 N–H and O–H groups in total. The first-order valence-corrected chi connectivity index (χ1v) is 5.85. The summed E-state index contributed by atoms with van der Waals surface area (Å²) < 4.78 is 11.0. The van der Waals surface area contributed by atoms with Crippen LogP contribution in [0.2, 0.25) is 0 Å². The normalized spacial score (nSPS) is 14.1. The van der Waals surface area contributed by atoms with Crippen molar-refractivity contribution in [2.45, 2.75) is 6.42 Å². The summed E-state index contributed by atoms with van der Waals surface area (Å²) in [6.07, 6.45) is 1.95. The van der Waals surface area contributed by atoms with Crippen LogP contribution in [-0.4, -0.2) is 29.3 Å². The molecule has 6 heteroatoms. The van der Waals surface area contributed by atoms with Crippen LogP contribution >= 0.6 is 0 Å². The third kappa shape index (κ3) is 1.91. The summed E-state index contributed by atoms with van der Waals surface area (Å²) in [5.41, 5.74) is -0.293. The number of hydrogen-bond donors (Lipinski definition) is 2. The van der Waals surface area contributed by atoms with Crippen molar-refractivity contribution in [2.24, 2.45) is 0 Å². The van der Waals surface area contributed by atoms with Crippen LogP contribution in [0.25, 0.3) is 10.9 Å². The molecule has 3 rings (SSSR count). The average molecular weight is 261 g/mol. The number of carboxylic acids is 1. The van der Waals surface area contributed by atoms with E-state index in [0.29, 0.717) is 30.2 Å². The number of ether oxygens (including phenoxy) is 2. The largest absolute Gasteiger partial charge is 0.490 e. The Bertz CT molecular complexity index is 719. The van der Waals surface area contributed by atoms with Crippen LogP contribution in [0.15, 0.2) is 23.1 Å². The lowest BCUT2D eigenvalue weighted by Gasteiger charge is -2.08. The van der Waals surface area contributed by atoms with Gasteiger partial charge >= 0.3 is 5.97 Å². The van der Waals surface area contributed by atoms with Gasteiger partial charge in [0.2, 0.25) is 5.43 Å². The molecule has 0 saturated carbocycles. The predicted molar refractivity (Wildman–Crippen MR) is 67.1 cm³/mol. The molecule has 6 nitrogen and oxygen atoms in total. The minimum Gasteiger partial charge on any atom is -0.490 e. The van der Waals surface area contributed by atoms with E-state index in [1.165, 1.54) is 12.3 Å². The van der Waals surface area contributed by atoms with E-state index >= 15 is 0 Å². The van der Waals surface area contributed by atoms with Crippen molar-refractivity contribution in [2.75, 3.05) is 13.2 Å². The van der Waals surface area contributed by atoms with Crippen molar-refractivity contribution < 1.29 is 19.4 Å². The van der Waals surface area contributed by atoms with Gasteiger partial charge in [0.15, 0.2) is 11.5 Å². The maximum Gasteiger partial charge on any atom is 0.341 e. The van der Waals surface area contributed by atoms with Crippen LogP contribution in [-0.2, 0) is 0 Å². The topological polar surface area (TPSA) is 88.6 Å². The smallest absolute Gasteiger partial charge is 0.341 e. The Morgan fingerprint density at radius 3 is 2.58 bits per heavy atom. The molecule has 19 heavy (non-hydrogen) atoms. The molecule has 0 radical (unpaired) electrons. The second kappa shape index (κ2) is 4.31. The Morgan fingerprint density at radius 2 is 1.89 bits per heavy atom. The van der Waals surface area contributed by atoms with E-state index < -0.39 is 11.4 Å². The molecule has 0 unspecified atom stereocenters. The number of hydrogen-bond acceptors (Lipinski definition) is 4. The summed E-state index contributed by atoms with van der Waals surface area (Å²) in [6.45, 7) is 1.06. The van der Waals surface area contributed by atoms with Gasteiger partial charge in [-0.3, -0.25) is 4.79 Å². The van der Waals surface area contributed by atoms with Gasteiger partial charge in [0.1, 0.15) is 5.56 Å². The standard InChI is InChI=1S/C13H11NO5/c15-12-7-4-10-11(19-3-1-2-18-10)5-9(7)14-6-8(12)13(16)17/h4-6H,1-3H2,(H,14,15)(H,16,17). The Balaban J connectivity index is 2.27. The summed E-state index contributed by atoms with van der Waals surface area (Å²) in [5, 5.41) is 9.21. The third-order valence-corrected chi connectivity index (χ3v) is 2.98. The van der Waals surface area contributed by atoms with E-state index in [4.69, 9.17) is 14.6 Å². The number of aromatic carboxylic acids is 1. The van der Waals surface area contributed by atoms with Crippen LogP contribution < -0.4 is 14.9 Å². The molecule has 1 aliphatic heterocycles. The van der Waals surface area contributed by atoms with E-state index in [1.54, 1.807) is 6.07 Å². The zero-order chi connectivity index (χ0) is 13.4. The van der Waals surface area contributed by atoms with Crippen LogP contribution in [0.3, 0.4) is 0 Å². The van der Waals surface area contributed by atoms with Gasteiger partial charge in [-0.05, 0) is 6.07 Å². The van der Waals surface area contributed by atoms with Crippen molar-refractivity contribution in [3.63, 3.8) is 0 Å². The van der Waals surface area contributed by atoms with Gasteiger partial charge in [-0.25, -0.2) is 4.79 Å². The molecule has 0 bridgehead atoms. The van der Waals surface area contributed by atoms with Crippen molar-refractivity contribution in [3.8, 4) is 11.5 Å². The van der Waals surface area contributed by atoms with E-state index in [-0.39, 0.29) is 10.9 Å². The SMILES string of the molecule is O=C(O)c1c[nH]c2cc3c(cc2c1=O)OCCCO3. The highest BCUT2D eigenvalue weighted by Crippen LogP contribution is 2.32. The maximum atomic E-state index is 12.0. The number of H-pyrrole nitrogens is 1. The van der Waals surface area contributed by atoms with Gasteiger partial charge in [0.25, 0.3) is 0 Å². The summed E-state index contributed by atoms with van der Waals surface area (Å²) in [4.78, 5) is 25.8. The molecule has 0 saturated heterocycles. The number of pyridine rings is 1. The number of rotatable bonds is 1. The summed E-state index contributed by atoms with van der Waals surface area (Å²) in [7, 11) is 0. The number of fused-ring (bicyclic) bond motifs is 2. The summed E-state index contributed by atoms with van der Waals surface area (Å²) in [5.74, 6) is -0.225. The second-order valence-corrected chi connectivity index (χ2v) is 4.23. The monoisotopic (exact) mass is 261 g/mol. The number of aromatic amines is 1. The van der Waals surface area contributed by atoms with Crippen molar-refractivity contribution in [3.05, 3.63) is 34.1 Å². The predicted octanol–water partition coefficient (Wildman–Crippen LogP) is 1.39. The number of carbonyl (C=O) groups is 1. The molecule has 1 aromatic carbocycles. The molecule has 0 fully saturated rings. The first kappa shape index (κ1) is 11.6. The van der Waals surface area contributed by atoms with Crippen LogP contribution in [0.4, 0.5) is 0 Å². The van der Waals surface area contributed by atoms with Crippen LogP contribution in [0.5, 0.6) is 11.5 Å². The van der Waals surface area contributed by atoms with E-state index in [9.17, 15) is 9.59 Å². The van der Waals surface area contributed by atoms with Crippen molar-refractivity contribution in [1.29, 1.82) is 0 Å². The fraction of sp³-hybridized carbons (Fsp3) is 0.231. The molecule has 98 valence electrons. The molecule has 2 aromatic rings. The fourth-order valence-corrected chi connectivity index (χ4v) is 2.04. The number of benzene rings is 1. The molecule has 0 amide bonds. The minimum absolute atomic E-state index is 0.282. The van der Waals surface area contributed by atoms with Gasteiger partial charge in [-0.2, -0.15) is 0 Å². The highest BCUT2D eigenvalue weighted by atomic mass is 16.5. The van der Waals surface area contributed by atoms with E-state index in [0.717, 1.165) is 6.42 Å². The molecule has 1 aromatic heterocycles. The van der Waals surface area contributed by atoms with Gasteiger partial charge in [-0.1, -0.05) is 0 Å². The first-order chi connectivity index (χ1) is 9.16. The first-order valence-electron chi connectivity index (χ1n) is 5.85. The van der Waals surface area contributed by atoms with Crippen LogP contribution in [0, 0.1) is 0 Å². The number of nitrogens with one attached hydrogen (secondary N) is 1. The van der Waals surface area contributed by atoms with Gasteiger partial charge in [0.05, 0.1) is 24.1 Å². The minimum atomic E-state index is -1.25. The Kier molecular flexibility index (Phi) is 2.63. The van der Waals surface area contributed by atoms with Crippen LogP contribution in [0.1, 0.15) is 16.8 Å². The second-order valence-electron chi connectivity index (χ2n) is 4.23. The lowest BCUT2D eigenvalue weighted by atomic mass is 10.1. The zero-order valence-corrected chi connectivity index (χ0v) is 9.93. The Morgan fingerprint density at radius 1 is 1.21 bits per heavy atom. The molecular weight excluding hydrogens is 250 g/mol. The fourth-order valence-electron chi connectivity index (χ4n) is 2.04. The Labute approximate surface area is 107 Å². The van der Waals surface area contributed by atoms with Crippen molar-refractivity contribution >= 4 is 16.9 Å². The summed E-state index contributed by atoms with van der Waals surface area (Å²) in [6, 6.07) is 3.18. The Hall–Kier alpha value is -2.50. The van der Waals surface area contributed by atoms with E-state index in [2.05, 4.69) is 4.98 Å². The third-order valence-electron chi connectivity index (χ3n) is 2.98. The van der Waals surface area contributed by atoms with Gasteiger partial charge in [0, 0.05) is 18.7 Å². The van der Waals surface area contributed by atoms with Gasteiger partial charge in [-0.15, -0.1) is 0 Å². The molecule has 1 aliphatic rings. The summed E-state index contributed by atoms with van der Waals surface area (Å²) >= 11 is 0. The molecular formula is C13H11NO5. The molecule has 0 spiro atoms. The highest BCUT2D eigenvalue weighted by Gasteiger charge is 2.16. The lowest BCUT2D eigenvalue weighted by Crippen LogP contribution is -2.15. The quantitative estimate of drug-likeness (QED) is 0.809. The zero-order valence-electron chi connectivity index (χ0n) is 9.93. The van der Waals surface area contributed by atoms with E-state index in [1.807, 2.05) is 0 Å². The molecule has 0 aliphatic carbocycles. The highest BCUT2D eigenvalue weighted by molar-refractivity contribution is 5.93. The molecule has 0 atom stereocenters. The van der Waals surface area contributed by atoms with Gasteiger partial charge < -0.3 is 19.6 Å². The lowest BCUT2D eigenvalue weighted by molar-refractivity contribution is 0.0695. The maximum absolute atomic E-state index is 12.0.